The Morgan fingerprint density at radius 3 is 2.92 bits per heavy atom. The molecular weight excluding hydrogens is 160 g/mol. The van der Waals surface area contributed by atoms with Crippen LogP contribution in [0.1, 0.15) is 0 Å². The number of anilines is 2. The number of nitro benzene ring substituents is 1. The van der Waals surface area contributed by atoms with Gasteiger partial charge in [0.1, 0.15) is 0 Å². The molecule has 0 aliphatic carbocycles. The molecule has 0 aromatic heterocycles. The molecule has 0 bridgehead atoms. The van der Waals surface area contributed by atoms with Crippen LogP contribution in [0.4, 0.5) is 17.1 Å². The second-order valence-electron chi connectivity index (χ2n) is 2.33. The van der Waals surface area contributed by atoms with E-state index < -0.39 is 4.92 Å². The Morgan fingerprint density at radius 2 is 2.17 bits per heavy atom. The Morgan fingerprint density at radius 1 is 1.33 bits per heavy atom. The molecule has 3 N–H and O–H groups in total. The number of para-hydroxylation sites is 1. The largest absolute Gasteiger partial charge is 0.302 e. The molecule has 0 saturated carbocycles. The summed E-state index contributed by atoms with van der Waals surface area (Å²) in [6.45, 7) is 0. The summed E-state index contributed by atoms with van der Waals surface area (Å²) in [4.78, 5) is 10.0. The van der Waals surface area contributed by atoms with Crippen LogP contribution in [0.5, 0.6) is 0 Å². The molecule has 0 saturated heterocycles. The number of rotatable bonds is 1. The van der Waals surface area contributed by atoms with Crippen LogP contribution < -0.4 is 16.4 Å². The normalized spacial score (nSPS) is 13.0. The number of fused-ring (bicyclic) bond motifs is 1. The Labute approximate surface area is 67.7 Å². The van der Waals surface area contributed by atoms with Gasteiger partial charge in [0.05, 0.1) is 10.6 Å². The van der Waals surface area contributed by atoms with Gasteiger partial charge in [0, 0.05) is 6.07 Å². The van der Waals surface area contributed by atoms with Crippen molar-refractivity contribution in [1.29, 1.82) is 0 Å². The van der Waals surface area contributed by atoms with Crippen LogP contribution in [0.25, 0.3) is 0 Å². The maximum Gasteiger partial charge on any atom is 0.295 e. The number of nitro groups is 1. The summed E-state index contributed by atoms with van der Waals surface area (Å²) >= 11 is 0. The highest BCUT2D eigenvalue weighted by Crippen LogP contribution is 2.33. The summed E-state index contributed by atoms with van der Waals surface area (Å²) in [6, 6.07) is 4.81. The lowest BCUT2D eigenvalue weighted by molar-refractivity contribution is -0.383. The van der Waals surface area contributed by atoms with Crippen molar-refractivity contribution in [2.75, 3.05) is 10.9 Å². The van der Waals surface area contributed by atoms with E-state index in [2.05, 4.69) is 16.4 Å². The number of hydrazine groups is 2. The summed E-state index contributed by atoms with van der Waals surface area (Å²) in [5.41, 5.74) is 9.17. The first-order valence-electron chi connectivity index (χ1n) is 3.33. The van der Waals surface area contributed by atoms with Crippen molar-refractivity contribution in [1.82, 2.24) is 5.53 Å². The molecule has 0 unspecified atom stereocenters. The third-order valence-corrected chi connectivity index (χ3v) is 1.62. The van der Waals surface area contributed by atoms with E-state index in [-0.39, 0.29) is 5.69 Å². The zero-order valence-electron chi connectivity index (χ0n) is 6.00. The molecule has 0 spiro atoms. The van der Waals surface area contributed by atoms with Crippen molar-refractivity contribution in [3.8, 4) is 0 Å². The summed E-state index contributed by atoms with van der Waals surface area (Å²) < 4.78 is 0. The van der Waals surface area contributed by atoms with E-state index in [1.54, 1.807) is 12.1 Å². The second-order valence-corrected chi connectivity index (χ2v) is 2.33. The van der Waals surface area contributed by atoms with Crippen LogP contribution in [0.3, 0.4) is 0 Å². The van der Waals surface area contributed by atoms with Gasteiger partial charge in [0.2, 0.25) is 0 Å². The highest BCUT2D eigenvalue weighted by molar-refractivity contribution is 5.80. The van der Waals surface area contributed by atoms with E-state index in [0.29, 0.717) is 11.4 Å². The summed E-state index contributed by atoms with van der Waals surface area (Å²) in [6.07, 6.45) is 0. The van der Waals surface area contributed by atoms with Crippen molar-refractivity contribution < 1.29 is 4.92 Å². The molecule has 0 fully saturated rings. The van der Waals surface area contributed by atoms with Crippen molar-refractivity contribution in [3.63, 3.8) is 0 Å². The third kappa shape index (κ3) is 0.857. The second kappa shape index (κ2) is 2.35. The first-order chi connectivity index (χ1) is 5.79. The highest BCUT2D eigenvalue weighted by Gasteiger charge is 2.20. The number of benzene rings is 1. The van der Waals surface area contributed by atoms with Gasteiger partial charge in [-0.1, -0.05) is 6.07 Å². The first-order valence-corrected chi connectivity index (χ1v) is 3.33. The van der Waals surface area contributed by atoms with Crippen LogP contribution in [0.2, 0.25) is 0 Å². The van der Waals surface area contributed by atoms with Gasteiger partial charge in [-0.2, -0.15) is 0 Å². The predicted octanol–water partition coefficient (Wildman–Crippen LogP) is 0.852. The Kier molecular flexibility index (Phi) is 1.34. The lowest BCUT2D eigenvalue weighted by Gasteiger charge is -1.96. The van der Waals surface area contributed by atoms with Gasteiger partial charge in [-0.3, -0.25) is 15.5 Å². The van der Waals surface area contributed by atoms with Crippen LogP contribution >= 0.6 is 0 Å². The molecular formula is C6H6N4O2. The Balaban J connectivity index is 2.56. The number of nitrogens with one attached hydrogen (secondary N) is 3. The average molecular weight is 166 g/mol. The molecule has 62 valence electrons. The van der Waals surface area contributed by atoms with Gasteiger partial charge in [-0.05, 0) is 6.07 Å². The fourth-order valence-electron chi connectivity index (χ4n) is 1.09. The molecule has 1 aromatic carbocycles. The minimum absolute atomic E-state index is 0.0602. The van der Waals surface area contributed by atoms with Crippen molar-refractivity contribution in [2.24, 2.45) is 0 Å². The first kappa shape index (κ1) is 6.86. The van der Waals surface area contributed by atoms with Crippen LogP contribution in [-0.2, 0) is 0 Å². The number of hydrogen-bond acceptors (Lipinski definition) is 5. The smallest absolute Gasteiger partial charge is 0.295 e. The van der Waals surface area contributed by atoms with E-state index in [4.69, 9.17) is 0 Å². The van der Waals surface area contributed by atoms with Crippen LogP contribution in [-0.4, -0.2) is 4.92 Å². The molecule has 0 amide bonds. The van der Waals surface area contributed by atoms with E-state index in [1.165, 1.54) is 6.07 Å². The number of hydrogen-bond donors (Lipinski definition) is 3. The van der Waals surface area contributed by atoms with Gasteiger partial charge in [0.15, 0.2) is 5.69 Å². The lowest BCUT2D eigenvalue weighted by atomic mass is 10.2. The zero-order chi connectivity index (χ0) is 8.55. The van der Waals surface area contributed by atoms with E-state index in [9.17, 15) is 10.1 Å². The topological polar surface area (TPSA) is 79.2 Å². The fraction of sp³-hybridized carbons (Fsp3) is 0. The van der Waals surface area contributed by atoms with E-state index in [0.717, 1.165) is 0 Å². The van der Waals surface area contributed by atoms with Crippen molar-refractivity contribution in [3.05, 3.63) is 28.3 Å². The maximum atomic E-state index is 10.5. The van der Waals surface area contributed by atoms with E-state index in [1.807, 2.05) is 0 Å². The zero-order valence-corrected chi connectivity index (χ0v) is 6.00. The molecule has 12 heavy (non-hydrogen) atoms. The van der Waals surface area contributed by atoms with Crippen LogP contribution in [0, 0.1) is 10.1 Å². The minimum atomic E-state index is -0.430. The molecule has 1 aliphatic heterocycles. The summed E-state index contributed by atoms with van der Waals surface area (Å²) in [5.74, 6) is 0. The van der Waals surface area contributed by atoms with Crippen LogP contribution in [0.15, 0.2) is 18.2 Å². The van der Waals surface area contributed by atoms with E-state index >= 15 is 0 Å². The quantitative estimate of drug-likeness (QED) is 0.425. The monoisotopic (exact) mass is 166 g/mol. The fourth-order valence-corrected chi connectivity index (χ4v) is 1.09. The van der Waals surface area contributed by atoms with Gasteiger partial charge >= 0.3 is 0 Å². The molecule has 6 heteroatoms. The molecule has 6 nitrogen and oxygen atoms in total. The standard InChI is InChI=1S/C6H6N4O2/c11-10(12)5-3-1-2-4-6(5)8-9-7-4/h1-3,7-9H. The minimum Gasteiger partial charge on any atom is -0.302 e. The SMILES string of the molecule is O=[N+]([O-])c1cccc2c1NNN2. The Bertz CT molecular complexity index is 338. The lowest BCUT2D eigenvalue weighted by Crippen LogP contribution is -2.19. The van der Waals surface area contributed by atoms with Gasteiger partial charge in [-0.25, -0.2) is 0 Å². The van der Waals surface area contributed by atoms with Crippen molar-refractivity contribution >= 4 is 17.1 Å². The molecule has 1 aliphatic rings. The summed E-state index contributed by atoms with van der Waals surface area (Å²) in [7, 11) is 0. The predicted molar refractivity (Wildman–Crippen MR) is 43.5 cm³/mol. The number of nitrogens with zero attached hydrogens (tertiary/aromatic N) is 1. The maximum absolute atomic E-state index is 10.5. The average Bonchev–Trinajstić information content (AvgIpc) is 2.49. The van der Waals surface area contributed by atoms with Gasteiger partial charge < -0.3 is 5.43 Å². The summed E-state index contributed by atoms with van der Waals surface area (Å²) in [5, 5.41) is 10.5. The third-order valence-electron chi connectivity index (χ3n) is 1.62. The molecule has 1 heterocycles. The molecule has 0 atom stereocenters. The highest BCUT2D eigenvalue weighted by atomic mass is 16.6. The molecule has 0 radical (unpaired) electrons. The molecule has 2 rings (SSSR count). The van der Waals surface area contributed by atoms with Crippen molar-refractivity contribution in [2.45, 2.75) is 0 Å². The van der Waals surface area contributed by atoms with Gasteiger partial charge in [-0.15, -0.1) is 5.53 Å². The van der Waals surface area contributed by atoms with Gasteiger partial charge in [0.25, 0.3) is 5.69 Å². The Hall–Kier alpha value is -1.82. The molecule has 1 aromatic rings.